The number of nitrogens with one attached hydrogen (secondary N) is 1. The standard InChI is InChI=1S/C23H23FN8/c1-5-17-15(10-25)19(31-32(17)11-14-8-6-7-9-16(14)24)22-29-20(27)18-21(30-22)28-13(3)23(18,4)12(2)26/h6-9H,2-3,5,11,26H2,1,4H3,(H3,27,28,29,30). The van der Waals surface area contributed by atoms with E-state index in [0.29, 0.717) is 46.0 Å². The molecule has 5 N–H and O–H groups in total. The summed E-state index contributed by atoms with van der Waals surface area (Å²) in [6, 6.07) is 8.65. The van der Waals surface area contributed by atoms with E-state index in [0.717, 1.165) is 0 Å². The Morgan fingerprint density at radius 1 is 1.34 bits per heavy atom. The summed E-state index contributed by atoms with van der Waals surface area (Å²) >= 11 is 0. The second kappa shape index (κ2) is 7.50. The molecule has 1 atom stereocenters. The zero-order chi connectivity index (χ0) is 23.2. The molecule has 0 aliphatic carbocycles. The van der Waals surface area contributed by atoms with Crippen LogP contribution in [0.25, 0.3) is 11.5 Å². The first-order valence-electron chi connectivity index (χ1n) is 10.0. The number of aromatic nitrogens is 4. The van der Waals surface area contributed by atoms with Crippen LogP contribution in [0.15, 0.2) is 48.8 Å². The van der Waals surface area contributed by atoms with Gasteiger partial charge in [0.2, 0.25) is 0 Å². The summed E-state index contributed by atoms with van der Waals surface area (Å²) in [7, 11) is 0. The minimum Gasteiger partial charge on any atom is -0.401 e. The van der Waals surface area contributed by atoms with E-state index < -0.39 is 5.41 Å². The fourth-order valence-corrected chi connectivity index (χ4v) is 3.99. The Hall–Kier alpha value is -4.19. The van der Waals surface area contributed by atoms with Crippen LogP contribution in [0.5, 0.6) is 0 Å². The third-order valence-electron chi connectivity index (χ3n) is 5.95. The predicted molar refractivity (Wildman–Crippen MR) is 121 cm³/mol. The van der Waals surface area contributed by atoms with Crippen molar-refractivity contribution in [1.29, 1.82) is 5.26 Å². The van der Waals surface area contributed by atoms with Crippen LogP contribution in [0, 0.1) is 17.1 Å². The van der Waals surface area contributed by atoms with Crippen molar-refractivity contribution >= 4 is 11.6 Å². The molecule has 162 valence electrons. The highest BCUT2D eigenvalue weighted by Gasteiger charge is 2.43. The van der Waals surface area contributed by atoms with Crippen molar-refractivity contribution in [2.75, 3.05) is 11.1 Å². The molecule has 4 rings (SSSR count). The van der Waals surface area contributed by atoms with Crippen molar-refractivity contribution < 1.29 is 4.39 Å². The van der Waals surface area contributed by atoms with Crippen molar-refractivity contribution in [2.24, 2.45) is 5.73 Å². The zero-order valence-corrected chi connectivity index (χ0v) is 17.9. The van der Waals surface area contributed by atoms with Gasteiger partial charge >= 0.3 is 0 Å². The third-order valence-corrected chi connectivity index (χ3v) is 5.95. The highest BCUT2D eigenvalue weighted by atomic mass is 19.1. The van der Waals surface area contributed by atoms with Crippen molar-refractivity contribution in [3.63, 3.8) is 0 Å². The van der Waals surface area contributed by atoms with Crippen molar-refractivity contribution in [3.05, 3.63) is 77.0 Å². The minimum atomic E-state index is -0.825. The number of nitrogen functional groups attached to an aromatic ring is 1. The summed E-state index contributed by atoms with van der Waals surface area (Å²) in [5.74, 6) is 0.479. The number of nitrogens with two attached hydrogens (primary N) is 2. The maximum atomic E-state index is 14.2. The molecule has 2 aromatic heterocycles. The van der Waals surface area contributed by atoms with Gasteiger partial charge < -0.3 is 16.8 Å². The van der Waals surface area contributed by atoms with Gasteiger partial charge in [0.25, 0.3) is 0 Å². The Bertz CT molecular complexity index is 1320. The van der Waals surface area contributed by atoms with Gasteiger partial charge in [-0.25, -0.2) is 14.4 Å². The number of rotatable bonds is 5. The molecular weight excluding hydrogens is 407 g/mol. The topological polar surface area (TPSA) is 131 Å². The summed E-state index contributed by atoms with van der Waals surface area (Å²) < 4.78 is 15.8. The summed E-state index contributed by atoms with van der Waals surface area (Å²) in [5.41, 5.74) is 14.8. The van der Waals surface area contributed by atoms with Crippen LogP contribution in [0.3, 0.4) is 0 Å². The van der Waals surface area contributed by atoms with Crippen molar-refractivity contribution in [2.45, 2.75) is 32.2 Å². The predicted octanol–water partition coefficient (Wildman–Crippen LogP) is 3.21. The fourth-order valence-electron chi connectivity index (χ4n) is 3.99. The van der Waals surface area contributed by atoms with Crippen LogP contribution >= 0.6 is 0 Å². The van der Waals surface area contributed by atoms with Crippen LogP contribution in [0.4, 0.5) is 16.0 Å². The molecule has 1 aromatic carbocycles. The van der Waals surface area contributed by atoms with Crippen molar-refractivity contribution in [3.8, 4) is 17.6 Å². The first kappa shape index (κ1) is 21.1. The van der Waals surface area contributed by atoms with Gasteiger partial charge in [-0.3, -0.25) is 4.68 Å². The number of hydrogen-bond acceptors (Lipinski definition) is 7. The smallest absolute Gasteiger partial charge is 0.185 e. The van der Waals surface area contributed by atoms with Gasteiger partial charge in [-0.1, -0.05) is 38.3 Å². The minimum absolute atomic E-state index is 0.172. The van der Waals surface area contributed by atoms with E-state index in [2.05, 4.69) is 39.6 Å². The van der Waals surface area contributed by atoms with Gasteiger partial charge in [0.15, 0.2) is 5.82 Å². The number of nitriles is 1. The highest BCUT2D eigenvalue weighted by molar-refractivity contribution is 5.76. The van der Waals surface area contributed by atoms with E-state index in [9.17, 15) is 9.65 Å². The van der Waals surface area contributed by atoms with Crippen LogP contribution < -0.4 is 16.8 Å². The summed E-state index contributed by atoms with van der Waals surface area (Å²) in [6.07, 6.45) is 0.519. The quantitative estimate of drug-likeness (QED) is 0.566. The molecule has 0 radical (unpaired) electrons. The summed E-state index contributed by atoms with van der Waals surface area (Å²) in [5, 5.41) is 17.5. The van der Waals surface area contributed by atoms with E-state index in [1.165, 1.54) is 6.07 Å². The highest BCUT2D eigenvalue weighted by Crippen LogP contribution is 2.47. The lowest BCUT2D eigenvalue weighted by Crippen LogP contribution is -2.29. The van der Waals surface area contributed by atoms with Crippen LogP contribution in [0.1, 0.15) is 36.2 Å². The van der Waals surface area contributed by atoms with Gasteiger partial charge in [-0.05, 0) is 19.4 Å². The molecule has 1 aliphatic rings. The maximum Gasteiger partial charge on any atom is 0.185 e. The number of anilines is 2. The van der Waals surface area contributed by atoms with Crippen LogP contribution in [0.2, 0.25) is 0 Å². The Kier molecular flexibility index (Phi) is 4.93. The molecule has 9 heteroatoms. The average Bonchev–Trinajstić information content (AvgIpc) is 3.24. The number of nitrogens with zero attached hydrogens (tertiary/aromatic N) is 5. The third kappa shape index (κ3) is 3.00. The summed E-state index contributed by atoms with van der Waals surface area (Å²) in [4.78, 5) is 9.01. The lowest BCUT2D eigenvalue weighted by atomic mass is 9.80. The second-order valence-corrected chi connectivity index (χ2v) is 7.79. The fraction of sp³-hybridized carbons (Fsp3) is 0.217. The van der Waals surface area contributed by atoms with E-state index in [4.69, 9.17) is 11.5 Å². The molecule has 0 saturated heterocycles. The summed E-state index contributed by atoms with van der Waals surface area (Å²) in [6.45, 7) is 11.8. The van der Waals surface area contributed by atoms with Crippen LogP contribution in [-0.4, -0.2) is 19.7 Å². The normalized spacial score (nSPS) is 17.0. The second-order valence-electron chi connectivity index (χ2n) is 7.79. The molecular formula is C23H23FN8. The van der Waals surface area contributed by atoms with Gasteiger partial charge in [-0.2, -0.15) is 10.4 Å². The molecule has 0 bridgehead atoms. The molecule has 1 aliphatic heterocycles. The monoisotopic (exact) mass is 430 g/mol. The maximum absolute atomic E-state index is 14.2. The number of hydrogen-bond donors (Lipinski definition) is 3. The van der Waals surface area contributed by atoms with Gasteiger partial charge in [0.1, 0.15) is 34.8 Å². The van der Waals surface area contributed by atoms with E-state index in [1.54, 1.807) is 22.9 Å². The first-order valence-corrected chi connectivity index (χ1v) is 10.0. The van der Waals surface area contributed by atoms with E-state index >= 15 is 0 Å². The Morgan fingerprint density at radius 3 is 2.69 bits per heavy atom. The number of benzene rings is 1. The largest absolute Gasteiger partial charge is 0.401 e. The lowest BCUT2D eigenvalue weighted by Gasteiger charge is -2.25. The Labute approximate surface area is 185 Å². The molecule has 0 fully saturated rings. The lowest BCUT2D eigenvalue weighted by molar-refractivity contribution is 0.576. The number of halogens is 1. The average molecular weight is 430 g/mol. The zero-order valence-electron chi connectivity index (χ0n) is 17.9. The molecule has 8 nitrogen and oxygen atoms in total. The van der Waals surface area contributed by atoms with Crippen molar-refractivity contribution in [1.82, 2.24) is 19.7 Å². The van der Waals surface area contributed by atoms with Crippen LogP contribution in [-0.2, 0) is 18.4 Å². The SMILES string of the molecule is C=C(N)C1(C)C(=C)Nc2nc(-c3nn(Cc4ccccc4F)c(CC)c3C#N)nc(N)c21. The first-order chi connectivity index (χ1) is 15.2. The van der Waals surface area contributed by atoms with Gasteiger partial charge in [0.05, 0.1) is 23.2 Å². The molecule has 1 unspecified atom stereocenters. The molecule has 0 saturated carbocycles. The molecule has 0 amide bonds. The molecule has 32 heavy (non-hydrogen) atoms. The number of fused-ring (bicyclic) bond motifs is 1. The molecule has 3 heterocycles. The van der Waals surface area contributed by atoms with Gasteiger partial charge in [0, 0.05) is 17.0 Å². The molecule has 0 spiro atoms. The van der Waals surface area contributed by atoms with E-state index in [-0.39, 0.29) is 29.7 Å². The molecule has 3 aromatic rings. The Balaban J connectivity index is 1.86. The van der Waals surface area contributed by atoms with E-state index in [1.807, 2.05) is 13.8 Å². The van der Waals surface area contributed by atoms with Gasteiger partial charge in [-0.15, -0.1) is 0 Å². The Morgan fingerprint density at radius 2 is 2.06 bits per heavy atom.